The van der Waals surface area contributed by atoms with Crippen LogP contribution in [0.15, 0.2) is 41.0 Å². The van der Waals surface area contributed by atoms with Gasteiger partial charge >= 0.3 is 0 Å². The number of hydrogen-bond donors (Lipinski definition) is 1. The minimum atomic E-state index is 0.626. The van der Waals surface area contributed by atoms with Gasteiger partial charge in [0.25, 0.3) is 0 Å². The normalized spacial score (nSPS) is 15.1. The van der Waals surface area contributed by atoms with Gasteiger partial charge in [-0.3, -0.25) is 4.90 Å². The van der Waals surface area contributed by atoms with E-state index in [0.29, 0.717) is 6.04 Å². The van der Waals surface area contributed by atoms with Crippen molar-refractivity contribution < 1.29 is 4.42 Å². The van der Waals surface area contributed by atoms with Gasteiger partial charge in [-0.1, -0.05) is 17.7 Å². The number of nitrogen functional groups attached to an aromatic ring is 1. The van der Waals surface area contributed by atoms with Crippen molar-refractivity contribution in [3.05, 3.63) is 52.9 Å². The predicted octanol–water partition coefficient (Wildman–Crippen LogP) is 3.68. The van der Waals surface area contributed by atoms with Crippen molar-refractivity contribution in [2.45, 2.75) is 32.0 Å². The molecule has 1 heterocycles. The van der Waals surface area contributed by atoms with Gasteiger partial charge < -0.3 is 10.2 Å². The highest BCUT2D eigenvalue weighted by molar-refractivity contribution is 6.31. The van der Waals surface area contributed by atoms with Gasteiger partial charge in [0.1, 0.15) is 5.76 Å². The zero-order valence-electron chi connectivity index (χ0n) is 10.7. The number of anilines is 1. The van der Waals surface area contributed by atoms with Crippen molar-refractivity contribution in [2.24, 2.45) is 0 Å². The molecule has 0 atom stereocenters. The van der Waals surface area contributed by atoms with E-state index in [9.17, 15) is 0 Å². The lowest BCUT2D eigenvalue weighted by Crippen LogP contribution is -2.25. The van der Waals surface area contributed by atoms with Crippen LogP contribution in [0.3, 0.4) is 0 Å². The second-order valence-corrected chi connectivity index (χ2v) is 5.43. The summed E-state index contributed by atoms with van der Waals surface area (Å²) in [5, 5.41) is 0.741. The van der Waals surface area contributed by atoms with Crippen molar-refractivity contribution in [1.82, 2.24) is 4.90 Å². The van der Waals surface area contributed by atoms with Crippen molar-refractivity contribution in [3.63, 3.8) is 0 Å². The Balaban J connectivity index is 1.78. The molecule has 0 spiro atoms. The molecule has 3 rings (SSSR count). The van der Waals surface area contributed by atoms with E-state index >= 15 is 0 Å². The molecule has 1 aromatic heterocycles. The molecule has 0 aliphatic heterocycles. The van der Waals surface area contributed by atoms with Crippen molar-refractivity contribution >= 4 is 17.3 Å². The molecule has 0 radical (unpaired) electrons. The Labute approximate surface area is 118 Å². The quantitative estimate of drug-likeness (QED) is 0.847. The summed E-state index contributed by atoms with van der Waals surface area (Å²) in [6.07, 6.45) is 4.19. The smallest absolute Gasteiger partial charge is 0.117 e. The highest BCUT2D eigenvalue weighted by Gasteiger charge is 2.30. The summed E-state index contributed by atoms with van der Waals surface area (Å²) in [5.74, 6) is 0.984. The fraction of sp³-hybridized carbons (Fsp3) is 0.333. The van der Waals surface area contributed by atoms with E-state index in [-0.39, 0.29) is 0 Å². The van der Waals surface area contributed by atoms with Crippen LogP contribution in [-0.2, 0) is 13.1 Å². The lowest BCUT2D eigenvalue weighted by molar-refractivity contribution is 0.225. The lowest BCUT2D eigenvalue weighted by atomic mass is 10.1. The number of nitrogens with zero attached hydrogens (tertiary/aromatic N) is 1. The first kappa shape index (κ1) is 12.6. The molecule has 1 aromatic carbocycles. The average Bonchev–Trinajstić information content (AvgIpc) is 3.11. The zero-order chi connectivity index (χ0) is 13.2. The third-order valence-corrected chi connectivity index (χ3v) is 3.87. The first-order chi connectivity index (χ1) is 9.24. The molecule has 0 bridgehead atoms. The number of furan rings is 1. The third-order valence-electron chi connectivity index (χ3n) is 3.52. The number of hydrogen-bond acceptors (Lipinski definition) is 3. The van der Waals surface area contributed by atoms with Crippen molar-refractivity contribution in [1.29, 1.82) is 0 Å². The topological polar surface area (TPSA) is 42.4 Å². The molecule has 0 unspecified atom stereocenters. The van der Waals surface area contributed by atoms with Crippen LogP contribution in [0, 0.1) is 0 Å². The molecular weight excluding hydrogens is 260 g/mol. The van der Waals surface area contributed by atoms with Crippen LogP contribution in [0.25, 0.3) is 0 Å². The van der Waals surface area contributed by atoms with Gasteiger partial charge in [0.2, 0.25) is 0 Å². The average molecular weight is 277 g/mol. The van der Waals surface area contributed by atoms with Gasteiger partial charge in [-0.2, -0.15) is 0 Å². The fourth-order valence-corrected chi connectivity index (χ4v) is 2.54. The first-order valence-corrected chi connectivity index (χ1v) is 6.91. The number of nitrogens with two attached hydrogens (primary N) is 1. The molecule has 100 valence electrons. The second kappa shape index (κ2) is 5.27. The predicted molar refractivity (Wildman–Crippen MR) is 76.8 cm³/mol. The summed E-state index contributed by atoms with van der Waals surface area (Å²) in [5.41, 5.74) is 7.81. The van der Waals surface area contributed by atoms with Crippen LogP contribution in [0.2, 0.25) is 5.02 Å². The summed E-state index contributed by atoms with van der Waals surface area (Å²) < 4.78 is 5.43. The van der Waals surface area contributed by atoms with Crippen molar-refractivity contribution in [3.8, 4) is 0 Å². The van der Waals surface area contributed by atoms with Gasteiger partial charge in [-0.05, 0) is 37.1 Å². The molecule has 4 heteroatoms. The zero-order valence-corrected chi connectivity index (χ0v) is 11.4. The van der Waals surface area contributed by atoms with Gasteiger partial charge in [0.05, 0.1) is 12.8 Å². The summed E-state index contributed by atoms with van der Waals surface area (Å²) in [6.45, 7) is 1.58. The van der Waals surface area contributed by atoms with Crippen LogP contribution in [0.1, 0.15) is 24.2 Å². The van der Waals surface area contributed by atoms with Crippen LogP contribution >= 0.6 is 11.6 Å². The number of benzene rings is 1. The second-order valence-electron chi connectivity index (χ2n) is 5.02. The van der Waals surface area contributed by atoms with Crippen LogP contribution in [0.4, 0.5) is 5.69 Å². The van der Waals surface area contributed by atoms with Crippen molar-refractivity contribution in [2.75, 3.05) is 5.73 Å². The van der Waals surface area contributed by atoms with E-state index in [1.54, 1.807) is 6.26 Å². The Kier molecular flexibility index (Phi) is 3.49. The molecule has 1 fully saturated rings. The molecule has 2 N–H and O–H groups in total. The lowest BCUT2D eigenvalue weighted by Gasteiger charge is -2.22. The van der Waals surface area contributed by atoms with Gasteiger partial charge in [-0.15, -0.1) is 0 Å². The number of halogens is 1. The highest BCUT2D eigenvalue weighted by atomic mass is 35.5. The standard InChI is InChI=1S/C15H17ClN2O/c16-14-4-1-5-15(17)13(14)10-18(11-6-7-11)9-12-3-2-8-19-12/h1-5,8,11H,6-7,9-10,17H2. The van der Waals surface area contributed by atoms with Gasteiger partial charge in [0.15, 0.2) is 0 Å². The minimum Gasteiger partial charge on any atom is -0.468 e. The molecule has 19 heavy (non-hydrogen) atoms. The van der Waals surface area contributed by atoms with E-state index in [1.807, 2.05) is 30.3 Å². The van der Waals surface area contributed by atoms with E-state index in [1.165, 1.54) is 12.8 Å². The van der Waals surface area contributed by atoms with E-state index < -0.39 is 0 Å². The van der Waals surface area contributed by atoms with E-state index in [2.05, 4.69) is 4.90 Å². The maximum absolute atomic E-state index is 6.25. The van der Waals surface area contributed by atoms with Crippen LogP contribution in [0.5, 0.6) is 0 Å². The van der Waals surface area contributed by atoms with Gasteiger partial charge in [-0.25, -0.2) is 0 Å². The first-order valence-electron chi connectivity index (χ1n) is 6.53. The summed E-state index contributed by atoms with van der Waals surface area (Å²) in [7, 11) is 0. The number of rotatable bonds is 5. The monoisotopic (exact) mass is 276 g/mol. The third kappa shape index (κ3) is 2.94. The molecule has 2 aromatic rings. The van der Waals surface area contributed by atoms with E-state index in [0.717, 1.165) is 35.1 Å². The molecule has 0 amide bonds. The SMILES string of the molecule is Nc1cccc(Cl)c1CN(Cc1ccco1)C1CC1. The Morgan fingerprint density at radius 1 is 1.21 bits per heavy atom. The van der Waals surface area contributed by atoms with Crippen LogP contribution < -0.4 is 5.73 Å². The Morgan fingerprint density at radius 2 is 2.05 bits per heavy atom. The summed E-state index contributed by atoms with van der Waals surface area (Å²) in [4.78, 5) is 2.39. The Morgan fingerprint density at radius 3 is 2.68 bits per heavy atom. The molecule has 1 saturated carbocycles. The summed E-state index contributed by atoms with van der Waals surface area (Å²) in [6, 6.07) is 10.2. The molecule has 1 aliphatic rings. The largest absolute Gasteiger partial charge is 0.468 e. The fourth-order valence-electron chi connectivity index (χ4n) is 2.30. The molecule has 1 aliphatic carbocycles. The molecule has 0 saturated heterocycles. The Hall–Kier alpha value is -1.45. The minimum absolute atomic E-state index is 0.626. The molecular formula is C15H17ClN2O. The Bertz CT molecular complexity index is 529. The van der Waals surface area contributed by atoms with Gasteiger partial charge in [0, 0.05) is 28.9 Å². The highest BCUT2D eigenvalue weighted by Crippen LogP contribution is 2.32. The maximum Gasteiger partial charge on any atom is 0.117 e. The van der Waals surface area contributed by atoms with E-state index in [4.69, 9.17) is 21.8 Å². The maximum atomic E-state index is 6.25. The summed E-state index contributed by atoms with van der Waals surface area (Å²) >= 11 is 6.25. The van der Waals surface area contributed by atoms with Crippen LogP contribution in [-0.4, -0.2) is 10.9 Å². The molecule has 3 nitrogen and oxygen atoms in total.